The van der Waals surface area contributed by atoms with Gasteiger partial charge in [-0.15, -0.1) is 0 Å². The van der Waals surface area contributed by atoms with Crippen molar-refractivity contribution >= 4 is 5.97 Å². The molecule has 1 atom stereocenters. The first-order valence-corrected chi connectivity index (χ1v) is 6.63. The van der Waals surface area contributed by atoms with Gasteiger partial charge in [-0.05, 0) is 24.6 Å². The molecule has 3 nitrogen and oxygen atoms in total. The number of rotatable bonds is 2. The zero-order valence-electron chi connectivity index (χ0n) is 11.6. The second kappa shape index (κ2) is 5.00. The molecule has 20 heavy (non-hydrogen) atoms. The summed E-state index contributed by atoms with van der Waals surface area (Å²) in [4.78, 5) is 11.8. The largest absolute Gasteiger partial charge is 0.496 e. The number of ether oxygens (including phenoxy) is 2. The van der Waals surface area contributed by atoms with E-state index in [9.17, 15) is 4.79 Å². The molecular weight excluding hydrogens is 252 g/mol. The molecular formula is C17H16O3. The first-order valence-electron chi connectivity index (χ1n) is 6.63. The van der Waals surface area contributed by atoms with Crippen molar-refractivity contribution in [1.29, 1.82) is 0 Å². The van der Waals surface area contributed by atoms with Crippen LogP contribution in [0, 0.1) is 6.92 Å². The Bertz CT molecular complexity index is 644. The highest BCUT2D eigenvalue weighted by molar-refractivity contribution is 5.78. The monoisotopic (exact) mass is 268 g/mol. The molecule has 0 N–H and O–H groups in total. The van der Waals surface area contributed by atoms with Crippen molar-refractivity contribution in [3.63, 3.8) is 0 Å². The minimum absolute atomic E-state index is 0.0111. The van der Waals surface area contributed by atoms with E-state index in [1.54, 1.807) is 7.11 Å². The molecule has 0 saturated carbocycles. The minimum Gasteiger partial charge on any atom is -0.496 e. The molecule has 1 heterocycles. The molecule has 0 aromatic heterocycles. The van der Waals surface area contributed by atoms with Gasteiger partial charge in [-0.1, -0.05) is 35.9 Å². The van der Waals surface area contributed by atoms with Crippen LogP contribution in [0.5, 0.6) is 11.5 Å². The Balaban J connectivity index is 2.13. The molecule has 2 aromatic carbocycles. The Labute approximate surface area is 118 Å². The summed E-state index contributed by atoms with van der Waals surface area (Å²) in [6.07, 6.45) is 0.344. The predicted octanol–water partition coefficient (Wildman–Crippen LogP) is 3.44. The maximum absolute atomic E-state index is 11.8. The van der Waals surface area contributed by atoms with Gasteiger partial charge in [0.1, 0.15) is 11.5 Å². The Morgan fingerprint density at radius 3 is 2.60 bits per heavy atom. The third kappa shape index (κ3) is 2.16. The van der Waals surface area contributed by atoms with Crippen molar-refractivity contribution in [3.05, 3.63) is 59.2 Å². The summed E-state index contributed by atoms with van der Waals surface area (Å²) in [5.74, 6) is 1.16. The highest BCUT2D eigenvalue weighted by Gasteiger charge is 2.31. The normalized spacial score (nSPS) is 17.3. The van der Waals surface area contributed by atoms with Crippen LogP contribution in [0.2, 0.25) is 0 Å². The molecule has 1 aliphatic rings. The van der Waals surface area contributed by atoms with Crippen molar-refractivity contribution in [2.45, 2.75) is 19.3 Å². The molecule has 3 rings (SSSR count). The van der Waals surface area contributed by atoms with E-state index in [4.69, 9.17) is 9.47 Å². The van der Waals surface area contributed by atoms with Crippen molar-refractivity contribution in [3.8, 4) is 11.5 Å². The second-order valence-corrected chi connectivity index (χ2v) is 5.01. The average molecular weight is 268 g/mol. The van der Waals surface area contributed by atoms with Crippen LogP contribution in [0.4, 0.5) is 0 Å². The van der Waals surface area contributed by atoms with E-state index in [-0.39, 0.29) is 11.9 Å². The molecule has 0 radical (unpaired) electrons. The van der Waals surface area contributed by atoms with E-state index >= 15 is 0 Å². The van der Waals surface area contributed by atoms with Crippen LogP contribution >= 0.6 is 0 Å². The fraction of sp³-hybridized carbons (Fsp3) is 0.235. The van der Waals surface area contributed by atoms with Gasteiger partial charge in [0, 0.05) is 11.5 Å². The lowest BCUT2D eigenvalue weighted by molar-refractivity contribution is -0.135. The Kier molecular flexibility index (Phi) is 3.18. The molecule has 0 amide bonds. The predicted molar refractivity (Wildman–Crippen MR) is 76.3 cm³/mol. The molecule has 2 aromatic rings. The number of aryl methyl sites for hydroxylation is 1. The van der Waals surface area contributed by atoms with Crippen LogP contribution in [-0.2, 0) is 4.79 Å². The van der Waals surface area contributed by atoms with Gasteiger partial charge in [-0.3, -0.25) is 4.79 Å². The highest BCUT2D eigenvalue weighted by Crippen LogP contribution is 2.43. The number of carbonyl (C=O) groups excluding carboxylic acids is 1. The maximum Gasteiger partial charge on any atom is 0.312 e. The van der Waals surface area contributed by atoms with Crippen molar-refractivity contribution in [2.24, 2.45) is 0 Å². The zero-order valence-corrected chi connectivity index (χ0v) is 11.6. The molecule has 0 saturated heterocycles. The van der Waals surface area contributed by atoms with Crippen LogP contribution in [0.3, 0.4) is 0 Å². The van der Waals surface area contributed by atoms with Gasteiger partial charge in [-0.25, -0.2) is 0 Å². The number of fused-ring (bicyclic) bond motifs is 1. The summed E-state index contributed by atoms with van der Waals surface area (Å²) < 4.78 is 10.8. The smallest absolute Gasteiger partial charge is 0.312 e. The number of hydrogen-bond donors (Lipinski definition) is 0. The van der Waals surface area contributed by atoms with Crippen LogP contribution in [-0.4, -0.2) is 13.1 Å². The number of methoxy groups -OCH3 is 1. The second-order valence-electron chi connectivity index (χ2n) is 5.01. The van der Waals surface area contributed by atoms with E-state index in [0.29, 0.717) is 12.2 Å². The number of esters is 1. The lowest BCUT2D eigenvalue weighted by atomic mass is 9.85. The lowest BCUT2D eigenvalue weighted by Gasteiger charge is -2.26. The Morgan fingerprint density at radius 1 is 1.15 bits per heavy atom. The molecule has 1 aliphatic heterocycles. The number of hydrogen-bond acceptors (Lipinski definition) is 3. The minimum atomic E-state index is -0.198. The third-order valence-corrected chi connectivity index (χ3v) is 3.67. The van der Waals surface area contributed by atoms with Gasteiger partial charge in [-0.2, -0.15) is 0 Å². The fourth-order valence-corrected chi connectivity index (χ4v) is 2.65. The van der Waals surface area contributed by atoms with Gasteiger partial charge in [0.2, 0.25) is 0 Å². The van der Waals surface area contributed by atoms with E-state index < -0.39 is 0 Å². The standard InChI is InChI=1S/C17H16O3/c1-11-6-8-12(9-7-11)13-10-16(18)20-15-5-3-4-14(19-2)17(13)15/h3-9,13H,10H2,1-2H3/t13-/m0/s1. The van der Waals surface area contributed by atoms with E-state index in [0.717, 1.165) is 16.9 Å². The van der Waals surface area contributed by atoms with Gasteiger partial charge < -0.3 is 9.47 Å². The van der Waals surface area contributed by atoms with Gasteiger partial charge >= 0.3 is 5.97 Å². The van der Waals surface area contributed by atoms with E-state index in [1.807, 2.05) is 25.1 Å². The fourth-order valence-electron chi connectivity index (χ4n) is 2.65. The van der Waals surface area contributed by atoms with Crippen LogP contribution in [0.25, 0.3) is 0 Å². The maximum atomic E-state index is 11.8. The summed E-state index contributed by atoms with van der Waals surface area (Å²) in [7, 11) is 1.64. The quantitative estimate of drug-likeness (QED) is 0.618. The average Bonchev–Trinajstić information content (AvgIpc) is 2.46. The van der Waals surface area contributed by atoms with Crippen molar-refractivity contribution in [1.82, 2.24) is 0 Å². The molecule has 0 fully saturated rings. The number of benzene rings is 2. The molecule has 3 heteroatoms. The van der Waals surface area contributed by atoms with Crippen molar-refractivity contribution in [2.75, 3.05) is 7.11 Å². The SMILES string of the molecule is COc1cccc2c1[C@H](c1ccc(C)cc1)CC(=O)O2. The Morgan fingerprint density at radius 2 is 1.90 bits per heavy atom. The summed E-state index contributed by atoms with van der Waals surface area (Å²) in [5, 5.41) is 0. The van der Waals surface area contributed by atoms with Crippen LogP contribution in [0.1, 0.15) is 29.0 Å². The highest BCUT2D eigenvalue weighted by atomic mass is 16.5. The van der Waals surface area contributed by atoms with E-state index in [1.165, 1.54) is 5.56 Å². The molecule has 0 spiro atoms. The number of carbonyl (C=O) groups is 1. The molecule has 0 bridgehead atoms. The summed E-state index contributed by atoms with van der Waals surface area (Å²) in [6.45, 7) is 2.05. The zero-order chi connectivity index (χ0) is 14.1. The van der Waals surface area contributed by atoms with Crippen molar-refractivity contribution < 1.29 is 14.3 Å². The van der Waals surface area contributed by atoms with Crippen LogP contribution in [0.15, 0.2) is 42.5 Å². The molecule has 0 unspecified atom stereocenters. The van der Waals surface area contributed by atoms with E-state index in [2.05, 4.69) is 24.3 Å². The lowest BCUT2D eigenvalue weighted by Crippen LogP contribution is -2.21. The van der Waals surface area contributed by atoms with Gasteiger partial charge in [0.25, 0.3) is 0 Å². The summed E-state index contributed by atoms with van der Waals surface area (Å²) in [5.41, 5.74) is 3.27. The topological polar surface area (TPSA) is 35.5 Å². The molecule has 102 valence electrons. The third-order valence-electron chi connectivity index (χ3n) is 3.67. The van der Waals surface area contributed by atoms with Crippen LogP contribution < -0.4 is 9.47 Å². The summed E-state index contributed by atoms with van der Waals surface area (Å²) in [6, 6.07) is 13.8. The summed E-state index contributed by atoms with van der Waals surface area (Å²) >= 11 is 0. The molecule has 0 aliphatic carbocycles. The first kappa shape index (κ1) is 12.7. The Hall–Kier alpha value is -2.29. The first-order chi connectivity index (χ1) is 9.69. The van der Waals surface area contributed by atoms with Gasteiger partial charge in [0.05, 0.1) is 13.5 Å². The van der Waals surface area contributed by atoms with Gasteiger partial charge in [0.15, 0.2) is 0 Å².